The minimum atomic E-state index is -0.170. The number of hydrogen-bond donors (Lipinski definition) is 1. The number of aromatic nitrogens is 1. The molecule has 0 saturated carbocycles. The number of nitrogens with one attached hydrogen (secondary N) is 1. The zero-order valence-electron chi connectivity index (χ0n) is 10.0. The van der Waals surface area contributed by atoms with Gasteiger partial charge in [-0.2, -0.15) is 0 Å². The molecule has 0 aliphatic heterocycles. The van der Waals surface area contributed by atoms with E-state index in [1.54, 1.807) is 30.7 Å². The second kappa shape index (κ2) is 6.73. The van der Waals surface area contributed by atoms with Crippen molar-refractivity contribution >= 4 is 33.4 Å². The average Bonchev–Trinajstić information content (AvgIpc) is 2.90. The Hall–Kier alpha value is -1.33. The first-order chi connectivity index (χ1) is 9.16. The van der Waals surface area contributed by atoms with Gasteiger partial charge < -0.3 is 9.84 Å². The topological polar surface area (TPSA) is 55.1 Å². The second-order valence-corrected chi connectivity index (χ2v) is 5.34. The summed E-state index contributed by atoms with van der Waals surface area (Å²) in [4.78, 5) is 11.9. The molecule has 1 amide bonds. The van der Waals surface area contributed by atoms with Gasteiger partial charge in [0.25, 0.3) is 5.91 Å². The van der Waals surface area contributed by atoms with Crippen LogP contribution in [0.1, 0.15) is 22.3 Å². The molecule has 1 heterocycles. The number of hydrogen-bond acceptors (Lipinski definition) is 3. The summed E-state index contributed by atoms with van der Waals surface area (Å²) in [6, 6.07) is 5.19. The van der Waals surface area contributed by atoms with Crippen molar-refractivity contribution in [1.82, 2.24) is 10.5 Å². The molecule has 1 N–H and O–H groups in total. The standard InChI is InChI=1S/C13H12BrClN2O2/c14-10-3-4-12(15)11(6-10)13(18)16-5-1-2-9-7-17-19-8-9/h3-4,6-8H,1-2,5H2,(H,16,18). The molecule has 1 aromatic heterocycles. The maximum atomic E-state index is 11.9. The molecule has 0 saturated heterocycles. The van der Waals surface area contributed by atoms with Gasteiger partial charge >= 0.3 is 0 Å². The molecule has 19 heavy (non-hydrogen) atoms. The Labute approximate surface area is 124 Å². The van der Waals surface area contributed by atoms with Gasteiger partial charge in [-0.25, -0.2) is 0 Å². The second-order valence-electron chi connectivity index (χ2n) is 4.02. The summed E-state index contributed by atoms with van der Waals surface area (Å²) < 4.78 is 5.56. The monoisotopic (exact) mass is 342 g/mol. The molecule has 6 heteroatoms. The molecule has 100 valence electrons. The quantitative estimate of drug-likeness (QED) is 0.846. The van der Waals surface area contributed by atoms with Gasteiger partial charge in [0.1, 0.15) is 6.26 Å². The zero-order chi connectivity index (χ0) is 13.7. The Morgan fingerprint density at radius 1 is 1.47 bits per heavy atom. The summed E-state index contributed by atoms with van der Waals surface area (Å²) in [5.41, 5.74) is 1.50. The van der Waals surface area contributed by atoms with Gasteiger partial charge in [0.05, 0.1) is 16.8 Å². The number of benzene rings is 1. The average molecular weight is 344 g/mol. The van der Waals surface area contributed by atoms with Crippen LogP contribution in [0.2, 0.25) is 5.02 Å². The highest BCUT2D eigenvalue weighted by Crippen LogP contribution is 2.20. The molecule has 0 unspecified atom stereocenters. The molecule has 0 atom stereocenters. The summed E-state index contributed by atoms with van der Waals surface area (Å²) in [5, 5.41) is 6.90. The van der Waals surface area contributed by atoms with Crippen molar-refractivity contribution in [2.45, 2.75) is 12.8 Å². The van der Waals surface area contributed by atoms with Crippen molar-refractivity contribution in [2.24, 2.45) is 0 Å². The van der Waals surface area contributed by atoms with Gasteiger partial charge in [-0.1, -0.05) is 32.7 Å². The van der Waals surface area contributed by atoms with Crippen LogP contribution in [0, 0.1) is 0 Å². The van der Waals surface area contributed by atoms with Crippen LogP contribution in [0.15, 0.2) is 39.7 Å². The van der Waals surface area contributed by atoms with Crippen LogP contribution in [0.3, 0.4) is 0 Å². The zero-order valence-corrected chi connectivity index (χ0v) is 12.4. The van der Waals surface area contributed by atoms with Crippen LogP contribution in [0.4, 0.5) is 0 Å². The highest BCUT2D eigenvalue weighted by atomic mass is 79.9. The number of carbonyl (C=O) groups is 1. The van der Waals surface area contributed by atoms with Crippen molar-refractivity contribution in [3.63, 3.8) is 0 Å². The van der Waals surface area contributed by atoms with Gasteiger partial charge in [-0.3, -0.25) is 4.79 Å². The third kappa shape index (κ3) is 4.08. The summed E-state index contributed by atoms with van der Waals surface area (Å²) in [6.45, 7) is 0.576. The van der Waals surface area contributed by atoms with Crippen LogP contribution in [0.5, 0.6) is 0 Å². The van der Waals surface area contributed by atoms with Crippen LogP contribution < -0.4 is 5.32 Å². The highest BCUT2D eigenvalue weighted by molar-refractivity contribution is 9.10. The minimum Gasteiger partial charge on any atom is -0.364 e. The molecule has 0 spiro atoms. The molecule has 0 fully saturated rings. The Morgan fingerprint density at radius 3 is 3.05 bits per heavy atom. The first-order valence-corrected chi connectivity index (χ1v) is 6.95. The molecule has 0 aliphatic carbocycles. The number of carbonyl (C=O) groups excluding carboxylic acids is 1. The van der Waals surface area contributed by atoms with E-state index in [0.29, 0.717) is 17.1 Å². The van der Waals surface area contributed by atoms with E-state index in [-0.39, 0.29) is 5.91 Å². The van der Waals surface area contributed by atoms with Crippen LogP contribution >= 0.6 is 27.5 Å². The third-order valence-electron chi connectivity index (χ3n) is 2.58. The summed E-state index contributed by atoms with van der Waals surface area (Å²) >= 11 is 9.30. The van der Waals surface area contributed by atoms with E-state index in [1.807, 2.05) is 0 Å². The van der Waals surface area contributed by atoms with Gasteiger partial charge in [0, 0.05) is 16.6 Å². The maximum Gasteiger partial charge on any atom is 0.252 e. The largest absolute Gasteiger partial charge is 0.364 e. The van der Waals surface area contributed by atoms with E-state index in [9.17, 15) is 4.79 Å². The van der Waals surface area contributed by atoms with Crippen molar-refractivity contribution in [3.8, 4) is 0 Å². The molecule has 0 radical (unpaired) electrons. The fourth-order valence-electron chi connectivity index (χ4n) is 1.61. The first kappa shape index (κ1) is 14.1. The highest BCUT2D eigenvalue weighted by Gasteiger charge is 2.10. The van der Waals surface area contributed by atoms with Crippen LogP contribution in [0.25, 0.3) is 0 Å². The van der Waals surface area contributed by atoms with Crippen molar-refractivity contribution in [2.75, 3.05) is 6.54 Å². The summed E-state index contributed by atoms with van der Waals surface area (Å²) in [7, 11) is 0. The molecular formula is C13H12BrClN2O2. The van der Waals surface area contributed by atoms with Crippen LogP contribution in [-0.4, -0.2) is 17.6 Å². The first-order valence-electron chi connectivity index (χ1n) is 5.78. The Balaban J connectivity index is 1.82. The molecule has 1 aromatic carbocycles. The number of amides is 1. The van der Waals surface area contributed by atoms with Gasteiger partial charge in [0.2, 0.25) is 0 Å². The Kier molecular flexibility index (Phi) is 4.99. The van der Waals surface area contributed by atoms with Gasteiger partial charge in [-0.05, 0) is 31.0 Å². The fraction of sp³-hybridized carbons (Fsp3) is 0.231. The van der Waals surface area contributed by atoms with E-state index < -0.39 is 0 Å². The Morgan fingerprint density at radius 2 is 2.32 bits per heavy atom. The van der Waals surface area contributed by atoms with E-state index in [2.05, 4.69) is 26.4 Å². The lowest BCUT2D eigenvalue weighted by Crippen LogP contribution is -2.25. The smallest absolute Gasteiger partial charge is 0.252 e. The fourth-order valence-corrected chi connectivity index (χ4v) is 2.18. The van der Waals surface area contributed by atoms with Gasteiger partial charge in [-0.15, -0.1) is 0 Å². The number of halogens is 2. The summed E-state index contributed by atoms with van der Waals surface area (Å²) in [5.74, 6) is -0.170. The minimum absolute atomic E-state index is 0.170. The van der Waals surface area contributed by atoms with E-state index in [0.717, 1.165) is 22.9 Å². The Bertz CT molecular complexity index is 558. The molecule has 0 aliphatic rings. The normalized spacial score (nSPS) is 10.4. The van der Waals surface area contributed by atoms with Gasteiger partial charge in [0.15, 0.2) is 0 Å². The molecule has 4 nitrogen and oxygen atoms in total. The SMILES string of the molecule is O=C(NCCCc1cnoc1)c1cc(Br)ccc1Cl. The van der Waals surface area contributed by atoms with Crippen molar-refractivity contribution < 1.29 is 9.32 Å². The molecule has 2 aromatic rings. The van der Waals surface area contributed by atoms with E-state index >= 15 is 0 Å². The lowest BCUT2D eigenvalue weighted by atomic mass is 10.2. The molecule has 0 bridgehead atoms. The predicted octanol–water partition coefficient (Wildman–Crippen LogP) is 3.45. The van der Waals surface area contributed by atoms with Crippen LogP contribution in [-0.2, 0) is 6.42 Å². The van der Waals surface area contributed by atoms with Crippen molar-refractivity contribution in [3.05, 3.63) is 51.3 Å². The molecular weight excluding hydrogens is 332 g/mol. The predicted molar refractivity (Wildman–Crippen MR) is 76.3 cm³/mol. The lowest BCUT2D eigenvalue weighted by Gasteiger charge is -2.06. The third-order valence-corrected chi connectivity index (χ3v) is 3.41. The maximum absolute atomic E-state index is 11.9. The van der Waals surface area contributed by atoms with E-state index in [1.165, 1.54) is 0 Å². The van der Waals surface area contributed by atoms with Crippen molar-refractivity contribution in [1.29, 1.82) is 0 Å². The number of nitrogens with zero attached hydrogens (tertiary/aromatic N) is 1. The van der Waals surface area contributed by atoms with E-state index in [4.69, 9.17) is 16.1 Å². The lowest BCUT2D eigenvalue weighted by molar-refractivity contribution is 0.0953. The number of aryl methyl sites for hydroxylation is 1. The molecule has 2 rings (SSSR count). The summed E-state index contributed by atoms with van der Waals surface area (Å²) in [6.07, 6.45) is 4.91. The number of rotatable bonds is 5.